The summed E-state index contributed by atoms with van der Waals surface area (Å²) in [5.41, 5.74) is 0. The molecule has 2 heteroatoms. The highest BCUT2D eigenvalue weighted by molar-refractivity contribution is 5.31. The Morgan fingerprint density at radius 1 is 0.839 bits per heavy atom. The molecule has 170 valence electrons. The van der Waals surface area contributed by atoms with Crippen molar-refractivity contribution in [2.45, 2.75) is 84.5 Å². The van der Waals surface area contributed by atoms with E-state index in [0.717, 1.165) is 49.4 Å². The quantitative estimate of drug-likeness (QED) is 0.298. The van der Waals surface area contributed by atoms with Gasteiger partial charge in [-0.3, -0.25) is 0 Å². The largest absolute Gasteiger partial charge is 0.494 e. The Bertz CT molecular complexity index is 692. The average Bonchev–Trinajstić information content (AvgIpc) is 2.82. The van der Waals surface area contributed by atoms with E-state index in [4.69, 9.17) is 9.47 Å². The van der Waals surface area contributed by atoms with Crippen LogP contribution >= 0.6 is 0 Å². The van der Waals surface area contributed by atoms with Crippen LogP contribution in [0.1, 0.15) is 84.5 Å². The molecule has 3 rings (SSSR count). The summed E-state index contributed by atoms with van der Waals surface area (Å²) in [5.74, 6) is 11.7. The van der Waals surface area contributed by atoms with Crippen LogP contribution in [-0.2, 0) is 0 Å². The lowest BCUT2D eigenvalue weighted by Gasteiger charge is -2.25. The Morgan fingerprint density at radius 2 is 1.48 bits per heavy atom. The van der Waals surface area contributed by atoms with Crippen LogP contribution in [0.4, 0.5) is 0 Å². The second kappa shape index (κ2) is 13.5. The van der Waals surface area contributed by atoms with Gasteiger partial charge in [0, 0.05) is 5.92 Å². The number of unbranched alkanes of at least 4 members (excludes halogenated alkanes) is 1. The molecule has 1 aromatic rings. The van der Waals surface area contributed by atoms with E-state index in [1.807, 2.05) is 24.3 Å². The maximum atomic E-state index is 6.04. The Hall–Kier alpha value is -1.88. The zero-order valence-electron chi connectivity index (χ0n) is 19.8. The van der Waals surface area contributed by atoms with Gasteiger partial charge in [-0.05, 0) is 106 Å². The lowest BCUT2D eigenvalue weighted by atomic mass is 9.81. The molecule has 2 nitrogen and oxygen atoms in total. The maximum absolute atomic E-state index is 6.04. The van der Waals surface area contributed by atoms with Crippen molar-refractivity contribution in [3.63, 3.8) is 0 Å². The van der Waals surface area contributed by atoms with Crippen molar-refractivity contribution in [1.29, 1.82) is 0 Å². The summed E-state index contributed by atoms with van der Waals surface area (Å²) in [6.45, 7) is 6.11. The topological polar surface area (TPSA) is 18.5 Å². The molecule has 2 fully saturated rings. The number of hydrogen-bond acceptors (Lipinski definition) is 2. The zero-order chi connectivity index (χ0) is 21.7. The summed E-state index contributed by atoms with van der Waals surface area (Å²) in [4.78, 5) is 0. The summed E-state index contributed by atoms with van der Waals surface area (Å²) in [6.07, 6.45) is 18.5. The lowest BCUT2D eigenvalue weighted by Crippen LogP contribution is -2.19. The Balaban J connectivity index is 1.30. The molecule has 0 aliphatic heterocycles. The molecule has 0 unspecified atom stereocenters. The van der Waals surface area contributed by atoms with E-state index in [1.54, 1.807) is 0 Å². The van der Waals surface area contributed by atoms with Crippen molar-refractivity contribution in [3.05, 3.63) is 36.4 Å². The molecule has 31 heavy (non-hydrogen) atoms. The fraction of sp³-hybridized carbons (Fsp3) is 0.655. The smallest absolute Gasteiger partial charge is 0.119 e. The number of ether oxygens (including phenoxy) is 2. The van der Waals surface area contributed by atoms with E-state index < -0.39 is 0 Å². The van der Waals surface area contributed by atoms with Gasteiger partial charge in [-0.25, -0.2) is 0 Å². The number of allylic oxidation sites excluding steroid dienone is 2. The van der Waals surface area contributed by atoms with E-state index in [2.05, 4.69) is 37.8 Å². The van der Waals surface area contributed by atoms with Crippen LogP contribution in [0.3, 0.4) is 0 Å². The molecule has 0 amide bonds. The molecule has 1 aromatic carbocycles. The molecule has 0 bridgehead atoms. The van der Waals surface area contributed by atoms with Crippen molar-refractivity contribution < 1.29 is 9.47 Å². The first-order valence-electron chi connectivity index (χ1n) is 12.8. The van der Waals surface area contributed by atoms with Gasteiger partial charge in [0.2, 0.25) is 0 Å². The van der Waals surface area contributed by atoms with Crippen molar-refractivity contribution in [2.75, 3.05) is 13.2 Å². The summed E-state index contributed by atoms with van der Waals surface area (Å²) in [6, 6.07) is 8.08. The van der Waals surface area contributed by atoms with Gasteiger partial charge in [0.05, 0.1) is 13.2 Å². The van der Waals surface area contributed by atoms with E-state index in [9.17, 15) is 0 Å². The van der Waals surface area contributed by atoms with Gasteiger partial charge in [0.25, 0.3) is 0 Å². The second-order valence-corrected chi connectivity index (χ2v) is 9.54. The predicted molar refractivity (Wildman–Crippen MR) is 130 cm³/mol. The molecule has 2 aliphatic carbocycles. The molecule has 0 heterocycles. The van der Waals surface area contributed by atoms with Crippen LogP contribution in [0, 0.1) is 35.5 Å². The Kier molecular flexibility index (Phi) is 10.4. The van der Waals surface area contributed by atoms with Crippen LogP contribution in [0.2, 0.25) is 0 Å². The average molecular weight is 423 g/mol. The Morgan fingerprint density at radius 3 is 2.13 bits per heavy atom. The van der Waals surface area contributed by atoms with Crippen molar-refractivity contribution in [3.8, 4) is 23.3 Å². The van der Waals surface area contributed by atoms with E-state index >= 15 is 0 Å². The third-order valence-corrected chi connectivity index (χ3v) is 7.13. The highest BCUT2D eigenvalue weighted by atomic mass is 16.5. The van der Waals surface area contributed by atoms with Crippen molar-refractivity contribution in [1.82, 2.24) is 0 Å². The SMILES string of the molecule is CCCCOc1ccc(OC[C@H]2CC[C@H](C#C/C=C/[C@H]3CC[C@H](CC)CC3)CC2)cc1. The molecule has 2 aliphatic rings. The number of hydrogen-bond donors (Lipinski definition) is 0. The fourth-order valence-corrected chi connectivity index (χ4v) is 4.79. The van der Waals surface area contributed by atoms with E-state index in [1.165, 1.54) is 57.8 Å². The van der Waals surface area contributed by atoms with Gasteiger partial charge in [-0.2, -0.15) is 0 Å². The van der Waals surface area contributed by atoms with E-state index in [0.29, 0.717) is 11.8 Å². The summed E-state index contributed by atoms with van der Waals surface area (Å²) in [5, 5.41) is 0. The van der Waals surface area contributed by atoms with Crippen LogP contribution < -0.4 is 9.47 Å². The molecule has 2 saturated carbocycles. The van der Waals surface area contributed by atoms with Crippen molar-refractivity contribution >= 4 is 0 Å². The molecule has 0 N–H and O–H groups in total. The normalized spacial score (nSPS) is 26.3. The Labute approximate surface area is 190 Å². The van der Waals surface area contributed by atoms with Gasteiger partial charge >= 0.3 is 0 Å². The summed E-state index contributed by atoms with van der Waals surface area (Å²) < 4.78 is 11.8. The first-order chi connectivity index (χ1) is 15.3. The van der Waals surface area contributed by atoms with Crippen LogP contribution in [0.25, 0.3) is 0 Å². The monoisotopic (exact) mass is 422 g/mol. The van der Waals surface area contributed by atoms with Gasteiger partial charge in [-0.15, -0.1) is 0 Å². The van der Waals surface area contributed by atoms with Gasteiger partial charge in [0.15, 0.2) is 0 Å². The summed E-state index contributed by atoms with van der Waals surface area (Å²) >= 11 is 0. The highest BCUT2D eigenvalue weighted by Gasteiger charge is 2.20. The lowest BCUT2D eigenvalue weighted by molar-refractivity contribution is 0.196. The molecular formula is C29H42O2. The first-order valence-corrected chi connectivity index (χ1v) is 12.8. The van der Waals surface area contributed by atoms with Crippen LogP contribution in [0.15, 0.2) is 36.4 Å². The standard InChI is InChI=1S/C29H42O2/c1-3-5-22-30-28-18-20-29(21-19-28)31-23-27-16-14-26(15-17-27)9-7-6-8-25-12-10-24(4-2)11-13-25/h6,8,18-21,24-27H,3-5,10-17,22-23H2,1-2H3/b8-6+/t24-,25-,26-,27-. The number of benzene rings is 1. The molecule has 0 atom stereocenters. The molecule has 0 aromatic heterocycles. The molecule has 0 spiro atoms. The van der Waals surface area contributed by atoms with Crippen molar-refractivity contribution in [2.24, 2.45) is 23.7 Å². The minimum Gasteiger partial charge on any atom is -0.494 e. The third kappa shape index (κ3) is 8.64. The molecule has 0 radical (unpaired) electrons. The number of rotatable bonds is 9. The first kappa shape index (κ1) is 23.8. The van der Waals surface area contributed by atoms with Gasteiger partial charge < -0.3 is 9.47 Å². The van der Waals surface area contributed by atoms with Gasteiger partial charge in [0.1, 0.15) is 11.5 Å². The minimum atomic E-state index is 0.566. The third-order valence-electron chi connectivity index (χ3n) is 7.13. The molecule has 0 saturated heterocycles. The minimum absolute atomic E-state index is 0.566. The van der Waals surface area contributed by atoms with E-state index in [-0.39, 0.29) is 0 Å². The van der Waals surface area contributed by atoms with Crippen LogP contribution in [0.5, 0.6) is 11.5 Å². The highest BCUT2D eigenvalue weighted by Crippen LogP contribution is 2.31. The summed E-state index contributed by atoms with van der Waals surface area (Å²) in [7, 11) is 0. The molecular weight excluding hydrogens is 380 g/mol. The maximum Gasteiger partial charge on any atom is 0.119 e. The van der Waals surface area contributed by atoms with Crippen LogP contribution in [-0.4, -0.2) is 13.2 Å². The van der Waals surface area contributed by atoms with Gasteiger partial charge in [-0.1, -0.05) is 44.6 Å². The zero-order valence-corrected chi connectivity index (χ0v) is 19.8. The predicted octanol–water partition coefficient (Wildman–Crippen LogP) is 7.83. The second-order valence-electron chi connectivity index (χ2n) is 9.54. The fourth-order valence-electron chi connectivity index (χ4n) is 4.79.